The Labute approximate surface area is 103 Å². The second-order valence-electron chi connectivity index (χ2n) is 4.30. The topological polar surface area (TPSA) is 42.4 Å². The van der Waals surface area contributed by atoms with Crippen LogP contribution in [0.15, 0.2) is 18.3 Å². The van der Waals surface area contributed by atoms with Gasteiger partial charge in [-0.25, -0.2) is 4.98 Å². The van der Waals surface area contributed by atoms with Crippen molar-refractivity contribution in [3.63, 3.8) is 0 Å². The smallest absolute Gasteiger partial charge is 0.161 e. The van der Waals surface area contributed by atoms with Crippen LogP contribution in [0, 0.1) is 0 Å². The number of pyridine rings is 1. The van der Waals surface area contributed by atoms with E-state index in [4.69, 9.17) is 4.74 Å². The molecule has 1 aromatic heterocycles. The predicted octanol–water partition coefficient (Wildman–Crippen LogP) is 2.15. The maximum atomic E-state index is 11.1. The van der Waals surface area contributed by atoms with Gasteiger partial charge in [-0.1, -0.05) is 0 Å². The molecule has 0 saturated heterocycles. The van der Waals surface area contributed by atoms with E-state index in [1.54, 1.807) is 12.3 Å². The third kappa shape index (κ3) is 4.53. The standard InChI is InChI=1S/C13H20N2O2/c1-10(2)17-8-7-15(4)13-6-5-12(9-14-13)11(3)16/h5-6,9-10H,7-8H2,1-4H3. The molecule has 0 unspecified atom stereocenters. The second-order valence-corrected chi connectivity index (χ2v) is 4.30. The van der Waals surface area contributed by atoms with E-state index in [1.165, 1.54) is 6.92 Å². The molecule has 94 valence electrons. The molecule has 0 atom stereocenters. The highest BCUT2D eigenvalue weighted by molar-refractivity contribution is 5.93. The molecule has 0 radical (unpaired) electrons. The monoisotopic (exact) mass is 236 g/mol. The van der Waals surface area contributed by atoms with Crippen LogP contribution in [0.25, 0.3) is 0 Å². The summed E-state index contributed by atoms with van der Waals surface area (Å²) in [4.78, 5) is 17.4. The number of hydrogen-bond donors (Lipinski definition) is 0. The first kappa shape index (κ1) is 13.6. The van der Waals surface area contributed by atoms with Crippen LogP contribution in [0.5, 0.6) is 0 Å². The van der Waals surface area contributed by atoms with Gasteiger partial charge in [0, 0.05) is 25.4 Å². The quantitative estimate of drug-likeness (QED) is 0.710. The molecule has 4 heteroatoms. The molecule has 4 nitrogen and oxygen atoms in total. The van der Waals surface area contributed by atoms with Crippen molar-refractivity contribution in [3.05, 3.63) is 23.9 Å². The fraction of sp³-hybridized carbons (Fsp3) is 0.538. The summed E-state index contributed by atoms with van der Waals surface area (Å²) in [6.45, 7) is 7.02. The van der Waals surface area contributed by atoms with Gasteiger partial charge < -0.3 is 9.64 Å². The molecule has 1 aromatic rings. The van der Waals surface area contributed by atoms with Crippen LogP contribution in [-0.4, -0.2) is 37.1 Å². The van der Waals surface area contributed by atoms with Crippen molar-refractivity contribution in [2.24, 2.45) is 0 Å². The molecule has 0 saturated carbocycles. The summed E-state index contributed by atoms with van der Waals surface area (Å²) >= 11 is 0. The average molecular weight is 236 g/mol. The number of ether oxygens (including phenoxy) is 1. The van der Waals surface area contributed by atoms with Gasteiger partial charge in [-0.3, -0.25) is 4.79 Å². The van der Waals surface area contributed by atoms with Gasteiger partial charge in [0.2, 0.25) is 0 Å². The highest BCUT2D eigenvalue weighted by Gasteiger charge is 2.04. The number of rotatable bonds is 6. The van der Waals surface area contributed by atoms with Gasteiger partial charge in [0.1, 0.15) is 5.82 Å². The first-order valence-corrected chi connectivity index (χ1v) is 5.80. The molecule has 1 rings (SSSR count). The number of hydrogen-bond acceptors (Lipinski definition) is 4. The summed E-state index contributed by atoms with van der Waals surface area (Å²) in [5.74, 6) is 0.886. The molecule has 0 fully saturated rings. The number of ketones is 1. The van der Waals surface area contributed by atoms with Gasteiger partial charge in [-0.15, -0.1) is 0 Å². The summed E-state index contributed by atoms with van der Waals surface area (Å²) < 4.78 is 5.47. The van der Waals surface area contributed by atoms with Crippen molar-refractivity contribution in [1.82, 2.24) is 4.98 Å². The van der Waals surface area contributed by atoms with Gasteiger partial charge in [0.25, 0.3) is 0 Å². The van der Waals surface area contributed by atoms with Crippen molar-refractivity contribution >= 4 is 11.6 Å². The maximum absolute atomic E-state index is 11.1. The van der Waals surface area contributed by atoms with Gasteiger partial charge in [0.05, 0.1) is 12.7 Å². The zero-order valence-corrected chi connectivity index (χ0v) is 10.9. The number of nitrogens with zero attached hydrogens (tertiary/aromatic N) is 2. The van der Waals surface area contributed by atoms with Crippen molar-refractivity contribution < 1.29 is 9.53 Å². The Balaban J connectivity index is 2.51. The normalized spacial score (nSPS) is 10.6. The van der Waals surface area contributed by atoms with Crippen LogP contribution in [0.4, 0.5) is 5.82 Å². The molecule has 0 aromatic carbocycles. The Bertz CT molecular complexity index is 360. The first-order valence-electron chi connectivity index (χ1n) is 5.80. The maximum Gasteiger partial charge on any atom is 0.161 e. The zero-order chi connectivity index (χ0) is 12.8. The fourth-order valence-corrected chi connectivity index (χ4v) is 1.36. The number of aromatic nitrogens is 1. The molecule has 0 aliphatic heterocycles. The van der Waals surface area contributed by atoms with Crippen LogP contribution < -0.4 is 4.90 Å². The minimum Gasteiger partial charge on any atom is -0.377 e. The van der Waals surface area contributed by atoms with Crippen LogP contribution >= 0.6 is 0 Å². The largest absolute Gasteiger partial charge is 0.377 e. The lowest BCUT2D eigenvalue weighted by Crippen LogP contribution is -2.24. The number of Topliss-reactive ketones (excluding diaryl/α,β-unsaturated/α-hetero) is 1. The third-order valence-electron chi connectivity index (χ3n) is 2.42. The van der Waals surface area contributed by atoms with Crippen molar-refractivity contribution in [2.75, 3.05) is 25.1 Å². The highest BCUT2D eigenvalue weighted by Crippen LogP contribution is 2.09. The van der Waals surface area contributed by atoms with Gasteiger partial charge in [0.15, 0.2) is 5.78 Å². The van der Waals surface area contributed by atoms with Crippen LogP contribution in [-0.2, 0) is 4.74 Å². The Morgan fingerprint density at radius 3 is 2.65 bits per heavy atom. The van der Waals surface area contributed by atoms with Crippen LogP contribution in [0.1, 0.15) is 31.1 Å². The molecular weight excluding hydrogens is 216 g/mol. The summed E-state index contributed by atoms with van der Waals surface area (Å²) in [6, 6.07) is 3.65. The molecule has 17 heavy (non-hydrogen) atoms. The Kier molecular flexibility index (Phi) is 5.10. The van der Waals surface area contributed by atoms with Gasteiger partial charge >= 0.3 is 0 Å². The summed E-state index contributed by atoms with van der Waals surface area (Å²) in [5, 5.41) is 0. The Morgan fingerprint density at radius 2 is 2.18 bits per heavy atom. The van der Waals surface area contributed by atoms with E-state index in [-0.39, 0.29) is 11.9 Å². The van der Waals surface area contributed by atoms with E-state index in [9.17, 15) is 4.79 Å². The lowest BCUT2D eigenvalue weighted by molar-refractivity contribution is 0.0845. The number of carbonyl (C=O) groups excluding carboxylic acids is 1. The number of carbonyl (C=O) groups is 1. The first-order chi connectivity index (χ1) is 8.00. The minimum atomic E-state index is 0.0369. The van der Waals surface area contributed by atoms with E-state index in [1.807, 2.05) is 31.9 Å². The average Bonchev–Trinajstić information content (AvgIpc) is 2.28. The number of likely N-dealkylation sites (N-methyl/N-ethyl adjacent to an activating group) is 1. The molecule has 0 aliphatic carbocycles. The SMILES string of the molecule is CC(=O)c1ccc(N(C)CCOC(C)C)nc1. The molecule has 0 bridgehead atoms. The lowest BCUT2D eigenvalue weighted by Gasteiger charge is -2.18. The molecule has 0 spiro atoms. The fourth-order valence-electron chi connectivity index (χ4n) is 1.36. The predicted molar refractivity (Wildman–Crippen MR) is 68.6 cm³/mol. The Morgan fingerprint density at radius 1 is 1.47 bits per heavy atom. The van der Waals surface area contributed by atoms with Gasteiger partial charge in [-0.05, 0) is 32.9 Å². The summed E-state index contributed by atoms with van der Waals surface area (Å²) in [7, 11) is 1.96. The van der Waals surface area contributed by atoms with Crippen molar-refractivity contribution in [1.29, 1.82) is 0 Å². The third-order valence-corrected chi connectivity index (χ3v) is 2.42. The number of anilines is 1. The molecule has 1 heterocycles. The molecule has 0 aliphatic rings. The van der Waals surface area contributed by atoms with Crippen LogP contribution in [0.2, 0.25) is 0 Å². The zero-order valence-electron chi connectivity index (χ0n) is 10.9. The lowest BCUT2D eigenvalue weighted by atomic mass is 10.2. The Hall–Kier alpha value is -1.42. The van der Waals surface area contributed by atoms with E-state index in [0.717, 1.165) is 12.4 Å². The minimum absolute atomic E-state index is 0.0369. The van der Waals surface area contributed by atoms with E-state index < -0.39 is 0 Å². The van der Waals surface area contributed by atoms with Gasteiger partial charge in [-0.2, -0.15) is 0 Å². The van der Waals surface area contributed by atoms with Crippen LogP contribution in [0.3, 0.4) is 0 Å². The molecule has 0 N–H and O–H groups in total. The molecular formula is C13H20N2O2. The van der Waals surface area contributed by atoms with Crippen molar-refractivity contribution in [2.45, 2.75) is 26.9 Å². The summed E-state index contributed by atoms with van der Waals surface area (Å²) in [5.41, 5.74) is 0.639. The van der Waals surface area contributed by atoms with E-state index in [2.05, 4.69) is 4.98 Å². The highest BCUT2D eigenvalue weighted by atomic mass is 16.5. The van der Waals surface area contributed by atoms with E-state index >= 15 is 0 Å². The van der Waals surface area contributed by atoms with E-state index in [0.29, 0.717) is 12.2 Å². The second kappa shape index (κ2) is 6.35. The molecule has 0 amide bonds. The van der Waals surface area contributed by atoms with Crippen molar-refractivity contribution in [3.8, 4) is 0 Å². The summed E-state index contributed by atoms with van der Waals surface area (Å²) in [6.07, 6.45) is 1.86.